The van der Waals surface area contributed by atoms with Crippen LogP contribution < -0.4 is 5.56 Å². The van der Waals surface area contributed by atoms with E-state index in [-0.39, 0.29) is 29.0 Å². The third-order valence-electron chi connectivity index (χ3n) is 6.03. The Morgan fingerprint density at radius 2 is 2.00 bits per heavy atom. The van der Waals surface area contributed by atoms with E-state index in [2.05, 4.69) is 4.98 Å². The molecule has 0 bridgehead atoms. The lowest BCUT2D eigenvalue weighted by atomic mass is 10.0. The fourth-order valence-electron chi connectivity index (χ4n) is 4.38. The van der Waals surface area contributed by atoms with E-state index in [9.17, 15) is 29.3 Å². The van der Waals surface area contributed by atoms with Gasteiger partial charge in [-0.05, 0) is 38.7 Å². The zero-order valence-corrected chi connectivity index (χ0v) is 18.8. The van der Waals surface area contributed by atoms with Gasteiger partial charge in [-0.2, -0.15) is 0 Å². The average Bonchev–Trinajstić information content (AvgIpc) is 3.32. The maximum absolute atomic E-state index is 12.8. The van der Waals surface area contributed by atoms with E-state index in [1.54, 1.807) is 4.40 Å². The largest absolute Gasteiger partial charge is 0.458 e. The van der Waals surface area contributed by atoms with E-state index in [1.807, 2.05) is 0 Å². The molecule has 1 aliphatic heterocycles. The number of rotatable bonds is 5. The summed E-state index contributed by atoms with van der Waals surface area (Å²) in [4.78, 5) is 68.1. The second-order valence-corrected chi connectivity index (χ2v) is 9.17. The van der Waals surface area contributed by atoms with Gasteiger partial charge in [0.05, 0.1) is 16.2 Å². The fourth-order valence-corrected chi connectivity index (χ4v) is 5.61. The number of aryl methyl sites for hydroxylation is 2. The number of nitro benzene ring substituents is 1. The molecule has 5 rings (SSSR count). The van der Waals surface area contributed by atoms with E-state index >= 15 is 0 Å². The van der Waals surface area contributed by atoms with Crippen LogP contribution in [0.3, 0.4) is 0 Å². The molecule has 0 unspecified atom stereocenters. The van der Waals surface area contributed by atoms with Gasteiger partial charge in [-0.25, -0.2) is 9.78 Å². The van der Waals surface area contributed by atoms with Crippen LogP contribution in [-0.2, 0) is 29.0 Å². The number of hydrogen-bond acceptors (Lipinski definition) is 9. The summed E-state index contributed by atoms with van der Waals surface area (Å²) in [5.74, 6) is -2.64. The summed E-state index contributed by atoms with van der Waals surface area (Å²) in [5.41, 5.74) is -0.00548. The van der Waals surface area contributed by atoms with Gasteiger partial charge in [0, 0.05) is 22.7 Å². The second-order valence-electron chi connectivity index (χ2n) is 8.10. The summed E-state index contributed by atoms with van der Waals surface area (Å²) >= 11 is 1.44. The van der Waals surface area contributed by atoms with Gasteiger partial charge in [0.1, 0.15) is 18.2 Å². The van der Waals surface area contributed by atoms with Crippen molar-refractivity contribution in [2.75, 3.05) is 0 Å². The van der Waals surface area contributed by atoms with Gasteiger partial charge >= 0.3 is 5.97 Å². The standard InChI is InChI=1S/C22H18N4O7S/c1-11(24-19(28)13-5-4-7-15(26(31)32)18(13)20(24)29)21(30)33-10-12-9-17(27)25-14-6-2-3-8-16(14)34-22(25)23-12/h4-5,7,9,11H,2-3,6,8,10H2,1H3/t11-/m0/s1. The van der Waals surface area contributed by atoms with Crippen LogP contribution in [0.15, 0.2) is 29.1 Å². The highest BCUT2D eigenvalue weighted by Crippen LogP contribution is 2.32. The van der Waals surface area contributed by atoms with Crippen molar-refractivity contribution in [2.45, 2.75) is 45.3 Å². The Morgan fingerprint density at radius 3 is 2.76 bits per heavy atom. The molecule has 0 fully saturated rings. The molecule has 2 amide bonds. The summed E-state index contributed by atoms with van der Waals surface area (Å²) in [5, 5.41) is 11.3. The maximum Gasteiger partial charge on any atom is 0.329 e. The molecule has 2 aromatic heterocycles. The number of amides is 2. The van der Waals surface area contributed by atoms with Crippen LogP contribution in [0.25, 0.3) is 4.96 Å². The lowest BCUT2D eigenvalue weighted by molar-refractivity contribution is -0.385. The molecule has 34 heavy (non-hydrogen) atoms. The number of nitro groups is 1. The van der Waals surface area contributed by atoms with Crippen LogP contribution in [0, 0.1) is 10.1 Å². The number of nitrogens with zero attached hydrogens (tertiary/aromatic N) is 4. The first-order valence-electron chi connectivity index (χ1n) is 10.6. The molecule has 1 aromatic carbocycles. The molecule has 0 saturated carbocycles. The number of thiazole rings is 1. The molecular weight excluding hydrogens is 464 g/mol. The summed E-state index contributed by atoms with van der Waals surface area (Å²) < 4.78 is 6.85. The maximum atomic E-state index is 12.8. The van der Waals surface area contributed by atoms with Crippen molar-refractivity contribution in [3.05, 3.63) is 72.1 Å². The monoisotopic (exact) mass is 482 g/mol. The van der Waals surface area contributed by atoms with Crippen molar-refractivity contribution < 1.29 is 24.0 Å². The van der Waals surface area contributed by atoms with Crippen LogP contribution in [-0.4, -0.2) is 43.0 Å². The van der Waals surface area contributed by atoms with Crippen LogP contribution in [0.2, 0.25) is 0 Å². The molecule has 2 aliphatic rings. The number of carbonyl (C=O) groups is 3. The highest BCUT2D eigenvalue weighted by atomic mass is 32.1. The van der Waals surface area contributed by atoms with Gasteiger partial charge in [-0.1, -0.05) is 6.07 Å². The molecular formula is C22H18N4O7S. The van der Waals surface area contributed by atoms with Crippen LogP contribution >= 0.6 is 11.3 Å². The quantitative estimate of drug-likeness (QED) is 0.233. The predicted octanol–water partition coefficient (Wildman–Crippen LogP) is 2.27. The van der Waals surface area contributed by atoms with Gasteiger partial charge in [-0.3, -0.25) is 33.8 Å². The summed E-state index contributed by atoms with van der Waals surface area (Å²) in [6.07, 6.45) is 3.81. The van der Waals surface area contributed by atoms with E-state index in [0.717, 1.165) is 42.3 Å². The molecule has 0 spiro atoms. The number of ether oxygens (including phenoxy) is 1. The molecule has 174 valence electrons. The first-order valence-corrected chi connectivity index (χ1v) is 11.4. The van der Waals surface area contributed by atoms with E-state index < -0.39 is 34.4 Å². The fraction of sp³-hybridized carbons (Fsp3) is 0.318. The number of fused-ring (bicyclic) bond motifs is 4. The first-order chi connectivity index (χ1) is 16.3. The SMILES string of the molecule is C[C@@H](C(=O)OCc1cc(=O)n2c3c(sc2n1)CCCC3)N1C(=O)c2cccc([N+](=O)[O-])c2C1=O. The smallest absolute Gasteiger partial charge is 0.329 e. The minimum Gasteiger partial charge on any atom is -0.458 e. The van der Waals surface area contributed by atoms with Crippen LogP contribution in [0.1, 0.15) is 56.7 Å². The van der Waals surface area contributed by atoms with E-state index in [4.69, 9.17) is 4.74 Å². The van der Waals surface area contributed by atoms with Gasteiger partial charge in [0.15, 0.2) is 4.96 Å². The number of benzene rings is 1. The normalized spacial score (nSPS) is 15.9. The zero-order chi connectivity index (χ0) is 24.1. The Morgan fingerprint density at radius 1 is 1.24 bits per heavy atom. The minimum atomic E-state index is -1.33. The highest BCUT2D eigenvalue weighted by molar-refractivity contribution is 7.17. The lowest BCUT2D eigenvalue weighted by Crippen LogP contribution is -2.43. The third-order valence-corrected chi connectivity index (χ3v) is 7.17. The highest BCUT2D eigenvalue weighted by Gasteiger charge is 2.45. The molecule has 3 heterocycles. The molecule has 0 saturated heterocycles. The molecule has 3 aromatic rings. The number of imide groups is 1. The molecule has 1 atom stereocenters. The third kappa shape index (κ3) is 3.37. The Balaban J connectivity index is 1.34. The van der Waals surface area contributed by atoms with Gasteiger partial charge in [0.2, 0.25) is 0 Å². The van der Waals surface area contributed by atoms with E-state index in [0.29, 0.717) is 9.86 Å². The molecule has 0 N–H and O–H groups in total. The van der Waals surface area contributed by atoms with Crippen molar-refractivity contribution in [3.63, 3.8) is 0 Å². The first kappa shape index (κ1) is 21.9. The summed E-state index contributed by atoms with van der Waals surface area (Å²) in [6.45, 7) is 0.982. The predicted molar refractivity (Wildman–Crippen MR) is 119 cm³/mol. The van der Waals surface area contributed by atoms with Crippen molar-refractivity contribution in [1.82, 2.24) is 14.3 Å². The molecule has 1 aliphatic carbocycles. The second kappa shape index (κ2) is 8.13. The number of esters is 1. The summed E-state index contributed by atoms with van der Waals surface area (Å²) in [7, 11) is 0. The Kier molecular flexibility index (Phi) is 5.24. The lowest BCUT2D eigenvalue weighted by Gasteiger charge is -2.20. The van der Waals surface area contributed by atoms with Crippen molar-refractivity contribution in [1.29, 1.82) is 0 Å². The molecule has 12 heteroatoms. The number of hydrogen-bond donors (Lipinski definition) is 0. The van der Waals surface area contributed by atoms with Crippen molar-refractivity contribution in [3.8, 4) is 0 Å². The van der Waals surface area contributed by atoms with Crippen molar-refractivity contribution >= 4 is 39.8 Å². The minimum absolute atomic E-state index is 0.138. The Bertz CT molecular complexity index is 1460. The van der Waals surface area contributed by atoms with E-state index in [1.165, 1.54) is 36.5 Å². The van der Waals surface area contributed by atoms with Gasteiger partial charge in [0.25, 0.3) is 23.1 Å². The Hall–Kier alpha value is -3.93. The average molecular weight is 482 g/mol. The molecule has 11 nitrogen and oxygen atoms in total. The van der Waals surface area contributed by atoms with Crippen LogP contribution in [0.5, 0.6) is 0 Å². The Labute approximate surface area is 195 Å². The van der Waals surface area contributed by atoms with Gasteiger partial charge in [-0.15, -0.1) is 11.3 Å². The van der Waals surface area contributed by atoms with Crippen LogP contribution in [0.4, 0.5) is 5.69 Å². The topological polar surface area (TPSA) is 141 Å². The number of aromatic nitrogens is 2. The number of carbonyl (C=O) groups excluding carboxylic acids is 3. The van der Waals surface area contributed by atoms with Crippen molar-refractivity contribution in [2.24, 2.45) is 0 Å². The van der Waals surface area contributed by atoms with Gasteiger partial charge < -0.3 is 4.74 Å². The molecule has 0 radical (unpaired) electrons. The zero-order valence-electron chi connectivity index (χ0n) is 18.0. The summed E-state index contributed by atoms with van der Waals surface area (Å²) in [6, 6.07) is 3.70.